The third kappa shape index (κ3) is 4.31. The number of pyridine rings is 1. The van der Waals surface area contributed by atoms with Crippen molar-refractivity contribution in [2.45, 2.75) is 50.7 Å². The Morgan fingerprint density at radius 3 is 2.88 bits per heavy atom. The van der Waals surface area contributed by atoms with Gasteiger partial charge in [0.1, 0.15) is 17.7 Å². The predicted octanol–water partition coefficient (Wildman–Crippen LogP) is 3.58. The summed E-state index contributed by atoms with van der Waals surface area (Å²) >= 11 is 1.59. The summed E-state index contributed by atoms with van der Waals surface area (Å²) in [6.07, 6.45) is 4.71. The second-order valence-corrected chi connectivity index (χ2v) is 7.70. The van der Waals surface area contributed by atoms with Crippen LogP contribution in [0.15, 0.2) is 23.6 Å². The van der Waals surface area contributed by atoms with Gasteiger partial charge in [0.15, 0.2) is 0 Å². The van der Waals surface area contributed by atoms with Crippen LogP contribution in [0.4, 0.5) is 16.4 Å². The molecular formula is C18H23N5O2S. The van der Waals surface area contributed by atoms with Crippen LogP contribution in [-0.2, 0) is 0 Å². The first-order valence-corrected chi connectivity index (χ1v) is 9.96. The molecule has 0 aromatic carbocycles. The predicted molar refractivity (Wildman–Crippen MR) is 102 cm³/mol. The zero-order valence-electron chi connectivity index (χ0n) is 14.7. The van der Waals surface area contributed by atoms with E-state index in [2.05, 4.69) is 25.9 Å². The summed E-state index contributed by atoms with van der Waals surface area (Å²) in [6, 6.07) is 5.36. The van der Waals surface area contributed by atoms with E-state index < -0.39 is 0 Å². The number of rotatable bonds is 6. The third-order valence-corrected chi connectivity index (χ3v) is 5.63. The minimum absolute atomic E-state index is 0.0323. The molecule has 2 unspecified atom stereocenters. The molecule has 1 aliphatic carbocycles. The fraction of sp³-hybridized carbons (Fsp3) is 0.500. The van der Waals surface area contributed by atoms with Crippen LogP contribution in [0, 0.1) is 0 Å². The summed E-state index contributed by atoms with van der Waals surface area (Å²) in [7, 11) is 0. The molecule has 3 N–H and O–H groups in total. The number of hydrogen-bond donors (Lipinski definition) is 3. The Bertz CT molecular complexity index is 770. The molecular weight excluding hydrogens is 350 g/mol. The second-order valence-electron chi connectivity index (χ2n) is 6.81. The minimum Gasteiger partial charge on any atom is -0.473 e. The Balaban J connectivity index is 1.32. The van der Waals surface area contributed by atoms with Crippen molar-refractivity contribution in [1.82, 2.24) is 15.3 Å². The monoisotopic (exact) mass is 373 g/mol. The average molecular weight is 373 g/mol. The number of nitrogens with zero attached hydrogens (tertiary/aromatic N) is 2. The van der Waals surface area contributed by atoms with Crippen molar-refractivity contribution in [1.29, 1.82) is 0 Å². The number of ether oxygens (including phenoxy) is 1. The molecule has 2 fully saturated rings. The maximum atomic E-state index is 12.2. The van der Waals surface area contributed by atoms with Crippen LogP contribution in [0.5, 0.6) is 5.88 Å². The van der Waals surface area contributed by atoms with Crippen molar-refractivity contribution in [2.75, 3.05) is 17.2 Å². The van der Waals surface area contributed by atoms with E-state index in [4.69, 9.17) is 4.74 Å². The lowest BCUT2D eigenvalue weighted by molar-refractivity contribution is 0.173. The molecule has 3 heterocycles. The Morgan fingerprint density at radius 1 is 1.27 bits per heavy atom. The lowest BCUT2D eigenvalue weighted by Gasteiger charge is -2.20. The number of urea groups is 1. The Hall–Kier alpha value is -2.19. The number of carbonyl (C=O) groups excluding carboxylic acids is 1. The standard InChI is InChI=1S/C18H23N5O2S/c1-11(13-4-3-9-19-13)25-16-6-2-5-14(20-16)22-18(24)23-15-10-26-17(21-15)12-7-8-12/h2,5-6,10-13,19H,3-4,7-9H2,1H3,(H2,20,22,23,24). The number of anilines is 2. The number of thiazole rings is 1. The van der Waals surface area contributed by atoms with Gasteiger partial charge in [0.05, 0.1) is 5.01 Å². The van der Waals surface area contributed by atoms with Gasteiger partial charge >= 0.3 is 6.03 Å². The maximum absolute atomic E-state index is 12.2. The molecule has 2 atom stereocenters. The van der Waals surface area contributed by atoms with Crippen LogP contribution >= 0.6 is 11.3 Å². The molecule has 2 aliphatic rings. The summed E-state index contributed by atoms with van der Waals surface area (Å²) in [5.41, 5.74) is 0. The Morgan fingerprint density at radius 2 is 2.12 bits per heavy atom. The SMILES string of the molecule is CC(Oc1cccc(NC(=O)Nc2csc(C3CC3)n2)n1)C1CCCN1. The van der Waals surface area contributed by atoms with E-state index in [1.165, 1.54) is 19.3 Å². The van der Waals surface area contributed by atoms with Crippen LogP contribution in [0.2, 0.25) is 0 Å². The number of nitrogens with one attached hydrogen (secondary N) is 3. The lowest BCUT2D eigenvalue weighted by Crippen LogP contribution is -2.36. The molecule has 0 radical (unpaired) electrons. The highest BCUT2D eigenvalue weighted by atomic mass is 32.1. The van der Waals surface area contributed by atoms with E-state index >= 15 is 0 Å². The highest BCUT2D eigenvalue weighted by molar-refractivity contribution is 7.10. The molecule has 2 aromatic heterocycles. The summed E-state index contributed by atoms with van der Waals surface area (Å²) in [6.45, 7) is 3.07. The van der Waals surface area contributed by atoms with E-state index in [1.54, 1.807) is 23.5 Å². The number of amides is 2. The van der Waals surface area contributed by atoms with Gasteiger partial charge in [-0.15, -0.1) is 11.3 Å². The third-order valence-electron chi connectivity index (χ3n) is 4.63. The largest absolute Gasteiger partial charge is 0.473 e. The van der Waals surface area contributed by atoms with Crippen LogP contribution in [0.1, 0.15) is 43.5 Å². The smallest absolute Gasteiger partial charge is 0.326 e. The van der Waals surface area contributed by atoms with Crippen molar-refractivity contribution in [3.63, 3.8) is 0 Å². The fourth-order valence-electron chi connectivity index (χ4n) is 3.06. The van der Waals surface area contributed by atoms with Crippen molar-refractivity contribution in [3.8, 4) is 5.88 Å². The van der Waals surface area contributed by atoms with E-state index in [0.717, 1.165) is 18.0 Å². The molecule has 8 heteroatoms. The van der Waals surface area contributed by atoms with Crippen LogP contribution in [0.3, 0.4) is 0 Å². The number of aromatic nitrogens is 2. The molecule has 1 saturated heterocycles. The van der Waals surface area contributed by atoms with Gasteiger partial charge in [-0.25, -0.2) is 9.78 Å². The van der Waals surface area contributed by atoms with Crippen molar-refractivity contribution < 1.29 is 9.53 Å². The molecule has 2 amide bonds. The van der Waals surface area contributed by atoms with Gasteiger partial charge in [0, 0.05) is 23.4 Å². The molecule has 4 rings (SSSR count). The first-order chi connectivity index (χ1) is 12.7. The van der Waals surface area contributed by atoms with E-state index in [0.29, 0.717) is 29.5 Å². The summed E-state index contributed by atoms with van der Waals surface area (Å²) in [5.74, 6) is 2.13. The molecule has 0 spiro atoms. The molecule has 2 aromatic rings. The van der Waals surface area contributed by atoms with Crippen LogP contribution in [-0.4, -0.2) is 34.7 Å². The summed E-state index contributed by atoms with van der Waals surface area (Å²) < 4.78 is 5.92. The number of hydrogen-bond acceptors (Lipinski definition) is 6. The molecule has 1 saturated carbocycles. The van der Waals surface area contributed by atoms with Gasteiger partial charge in [-0.05, 0) is 45.2 Å². The molecule has 1 aliphatic heterocycles. The van der Waals surface area contributed by atoms with E-state index in [1.807, 2.05) is 18.4 Å². The zero-order chi connectivity index (χ0) is 17.9. The highest BCUT2D eigenvalue weighted by Gasteiger charge is 2.27. The van der Waals surface area contributed by atoms with Gasteiger partial charge < -0.3 is 10.1 Å². The van der Waals surface area contributed by atoms with Gasteiger partial charge in [-0.2, -0.15) is 4.98 Å². The van der Waals surface area contributed by atoms with Crippen LogP contribution in [0.25, 0.3) is 0 Å². The highest BCUT2D eigenvalue weighted by Crippen LogP contribution is 2.41. The first-order valence-electron chi connectivity index (χ1n) is 9.08. The van der Waals surface area contributed by atoms with Crippen LogP contribution < -0.4 is 20.7 Å². The topological polar surface area (TPSA) is 88.2 Å². The quantitative estimate of drug-likeness (QED) is 0.720. The maximum Gasteiger partial charge on any atom is 0.326 e. The van der Waals surface area contributed by atoms with E-state index in [-0.39, 0.29) is 12.1 Å². The molecule has 7 nitrogen and oxygen atoms in total. The van der Waals surface area contributed by atoms with E-state index in [9.17, 15) is 4.79 Å². The van der Waals surface area contributed by atoms with Gasteiger partial charge in [0.25, 0.3) is 0 Å². The zero-order valence-corrected chi connectivity index (χ0v) is 15.5. The fourth-order valence-corrected chi connectivity index (χ4v) is 3.98. The molecule has 138 valence electrons. The first kappa shape index (κ1) is 17.2. The van der Waals surface area contributed by atoms with Gasteiger partial charge in [-0.3, -0.25) is 10.6 Å². The summed E-state index contributed by atoms with van der Waals surface area (Å²) in [5, 5.41) is 11.9. The normalized spacial score (nSPS) is 20.6. The number of carbonyl (C=O) groups is 1. The average Bonchev–Trinajstić information content (AvgIpc) is 3.12. The lowest BCUT2D eigenvalue weighted by atomic mass is 10.1. The van der Waals surface area contributed by atoms with Crippen molar-refractivity contribution in [3.05, 3.63) is 28.6 Å². The Labute approximate surface area is 156 Å². The molecule has 0 bridgehead atoms. The van der Waals surface area contributed by atoms with Crippen molar-refractivity contribution in [2.24, 2.45) is 0 Å². The van der Waals surface area contributed by atoms with Gasteiger partial charge in [-0.1, -0.05) is 6.07 Å². The summed E-state index contributed by atoms with van der Waals surface area (Å²) in [4.78, 5) is 21.0. The molecule has 26 heavy (non-hydrogen) atoms. The second kappa shape index (κ2) is 7.59. The van der Waals surface area contributed by atoms with Gasteiger partial charge in [0.2, 0.25) is 5.88 Å². The minimum atomic E-state index is -0.354. The van der Waals surface area contributed by atoms with Crippen molar-refractivity contribution >= 4 is 29.0 Å². The Kier molecular flexibility index (Phi) is 5.03.